The van der Waals surface area contributed by atoms with Crippen LogP contribution >= 0.6 is 0 Å². The Morgan fingerprint density at radius 3 is 2.45 bits per heavy atom. The van der Waals surface area contributed by atoms with Crippen LogP contribution in [0.1, 0.15) is 42.1 Å². The van der Waals surface area contributed by atoms with Crippen LogP contribution in [0.15, 0.2) is 24.3 Å². The number of nitrogens with zero attached hydrogens (tertiary/aromatic N) is 2. The summed E-state index contributed by atoms with van der Waals surface area (Å²) in [5.74, 6) is 0.941. The van der Waals surface area contributed by atoms with Gasteiger partial charge in [0.05, 0.1) is 5.69 Å². The molecule has 0 aliphatic carbocycles. The average molecular weight is 273 g/mol. The molecule has 20 heavy (non-hydrogen) atoms. The molecule has 2 aromatic rings. The Bertz CT molecular complexity index is 609. The van der Waals surface area contributed by atoms with Crippen molar-refractivity contribution in [2.24, 2.45) is 0 Å². The molecule has 0 amide bonds. The fourth-order valence-corrected chi connectivity index (χ4v) is 2.00. The summed E-state index contributed by atoms with van der Waals surface area (Å²) in [4.78, 5) is 0. The highest BCUT2D eigenvalue weighted by Crippen LogP contribution is 2.18. The maximum absolute atomic E-state index is 13.1. The topological polar surface area (TPSA) is 37.8 Å². The molecule has 1 aromatic heterocycles. The van der Waals surface area contributed by atoms with Crippen LogP contribution in [0.2, 0.25) is 0 Å². The summed E-state index contributed by atoms with van der Waals surface area (Å²) in [6.07, 6.45) is 0. The van der Waals surface area contributed by atoms with Crippen LogP contribution in [0.5, 0.6) is 0 Å². The van der Waals surface area contributed by atoms with Gasteiger partial charge in [0.2, 0.25) is 0 Å². The summed E-state index contributed by atoms with van der Waals surface area (Å²) in [6.45, 7) is 8.72. The van der Waals surface area contributed by atoms with E-state index < -0.39 is 0 Å². The van der Waals surface area contributed by atoms with Crippen LogP contribution in [0.4, 0.5) is 10.2 Å². The molecule has 2 rings (SSSR count). The minimum absolute atomic E-state index is 0.205. The Morgan fingerprint density at radius 2 is 1.85 bits per heavy atom. The van der Waals surface area contributed by atoms with Crippen molar-refractivity contribution in [3.63, 3.8) is 0 Å². The van der Waals surface area contributed by atoms with E-state index in [1.165, 1.54) is 12.1 Å². The number of rotatable bonds is 4. The third kappa shape index (κ3) is 3.32. The number of anilines is 1. The van der Waals surface area contributed by atoms with Crippen molar-refractivity contribution < 1.29 is 4.39 Å². The largest absolute Gasteiger partial charge is 0.364 e. The summed E-state index contributed by atoms with van der Waals surface area (Å²) >= 11 is 0. The molecule has 0 bridgehead atoms. The van der Waals surface area contributed by atoms with Gasteiger partial charge in [-0.1, -0.05) is 19.9 Å². The zero-order valence-electron chi connectivity index (χ0n) is 12.4. The molecule has 106 valence electrons. The molecule has 0 spiro atoms. The summed E-state index contributed by atoms with van der Waals surface area (Å²) in [5.41, 5.74) is 4.05. The number of aryl methyl sites for hydroxylation is 2. The average Bonchev–Trinajstić information content (AvgIpc) is 2.38. The highest BCUT2D eigenvalue weighted by molar-refractivity contribution is 5.44. The number of hydrogen-bond donors (Lipinski definition) is 1. The molecule has 0 saturated carbocycles. The molecule has 0 aliphatic heterocycles. The molecule has 1 heterocycles. The predicted molar refractivity (Wildman–Crippen MR) is 79.3 cm³/mol. The van der Waals surface area contributed by atoms with Crippen LogP contribution in [-0.2, 0) is 6.54 Å². The van der Waals surface area contributed by atoms with E-state index >= 15 is 0 Å². The Hall–Kier alpha value is -1.97. The minimum Gasteiger partial charge on any atom is -0.364 e. The van der Waals surface area contributed by atoms with E-state index in [1.54, 1.807) is 6.07 Å². The molecule has 0 radical (unpaired) electrons. The number of nitrogens with one attached hydrogen (secondary N) is 1. The summed E-state index contributed by atoms with van der Waals surface area (Å²) in [6, 6.07) is 6.86. The Balaban J connectivity index is 2.11. The van der Waals surface area contributed by atoms with E-state index in [0.29, 0.717) is 12.5 Å². The fraction of sp³-hybridized carbons (Fsp3) is 0.375. The van der Waals surface area contributed by atoms with E-state index in [9.17, 15) is 4.39 Å². The van der Waals surface area contributed by atoms with Crippen molar-refractivity contribution in [1.82, 2.24) is 10.2 Å². The van der Waals surface area contributed by atoms with Gasteiger partial charge in [0.1, 0.15) is 5.82 Å². The quantitative estimate of drug-likeness (QED) is 0.916. The fourth-order valence-electron chi connectivity index (χ4n) is 2.00. The molecule has 0 unspecified atom stereocenters. The molecule has 3 nitrogen and oxygen atoms in total. The van der Waals surface area contributed by atoms with Gasteiger partial charge in [-0.05, 0) is 54.7 Å². The molecule has 0 aliphatic rings. The monoisotopic (exact) mass is 273 g/mol. The molecule has 1 aromatic carbocycles. The number of benzene rings is 1. The van der Waals surface area contributed by atoms with Crippen LogP contribution in [0, 0.1) is 19.7 Å². The summed E-state index contributed by atoms with van der Waals surface area (Å²) in [5, 5.41) is 11.7. The van der Waals surface area contributed by atoms with Crippen LogP contribution in [-0.4, -0.2) is 10.2 Å². The predicted octanol–water partition coefficient (Wildman–Crippen LogP) is 3.97. The third-order valence-corrected chi connectivity index (χ3v) is 3.35. The zero-order valence-corrected chi connectivity index (χ0v) is 12.4. The maximum Gasteiger partial charge on any atom is 0.151 e. The van der Waals surface area contributed by atoms with Crippen molar-refractivity contribution in [1.29, 1.82) is 0 Å². The maximum atomic E-state index is 13.1. The molecular formula is C16H20FN3. The smallest absolute Gasteiger partial charge is 0.151 e. The van der Waals surface area contributed by atoms with Gasteiger partial charge in [0.25, 0.3) is 0 Å². The van der Waals surface area contributed by atoms with Crippen molar-refractivity contribution in [3.05, 3.63) is 52.5 Å². The second kappa shape index (κ2) is 5.99. The van der Waals surface area contributed by atoms with Gasteiger partial charge in [-0.2, -0.15) is 5.10 Å². The Labute approximate surface area is 119 Å². The molecule has 1 N–H and O–H groups in total. The molecular weight excluding hydrogens is 253 g/mol. The standard InChI is InChI=1S/C16H20FN3/c1-10(2)15-8-12(4)16(20-19-15)18-9-13-5-6-14(17)7-11(13)3/h5-8,10H,9H2,1-4H3,(H,18,20). The molecule has 0 saturated heterocycles. The molecule has 0 atom stereocenters. The van der Waals surface area contributed by atoms with Crippen molar-refractivity contribution in [3.8, 4) is 0 Å². The first-order valence-corrected chi connectivity index (χ1v) is 6.80. The van der Waals surface area contributed by atoms with Gasteiger partial charge in [-0.15, -0.1) is 5.10 Å². The van der Waals surface area contributed by atoms with E-state index in [2.05, 4.69) is 35.4 Å². The van der Waals surface area contributed by atoms with Gasteiger partial charge in [-0.25, -0.2) is 4.39 Å². The van der Waals surface area contributed by atoms with E-state index in [-0.39, 0.29) is 5.82 Å². The van der Waals surface area contributed by atoms with Crippen LogP contribution < -0.4 is 5.32 Å². The van der Waals surface area contributed by atoms with Gasteiger partial charge in [0, 0.05) is 6.54 Å². The van der Waals surface area contributed by atoms with Crippen molar-refractivity contribution in [2.75, 3.05) is 5.32 Å². The summed E-state index contributed by atoms with van der Waals surface area (Å²) < 4.78 is 13.1. The lowest BCUT2D eigenvalue weighted by Crippen LogP contribution is -2.07. The molecule has 0 fully saturated rings. The highest BCUT2D eigenvalue weighted by atomic mass is 19.1. The normalized spacial score (nSPS) is 10.9. The van der Waals surface area contributed by atoms with Crippen molar-refractivity contribution >= 4 is 5.82 Å². The van der Waals surface area contributed by atoms with Gasteiger partial charge in [-0.3, -0.25) is 0 Å². The van der Waals surface area contributed by atoms with Crippen molar-refractivity contribution in [2.45, 2.75) is 40.2 Å². The second-order valence-corrected chi connectivity index (χ2v) is 5.38. The Kier molecular flexibility index (Phi) is 4.32. The lowest BCUT2D eigenvalue weighted by Gasteiger charge is -2.12. The minimum atomic E-state index is -0.205. The van der Waals surface area contributed by atoms with Crippen LogP contribution in [0.3, 0.4) is 0 Å². The Morgan fingerprint density at radius 1 is 1.10 bits per heavy atom. The van der Waals surface area contributed by atoms with Gasteiger partial charge in [0.15, 0.2) is 5.82 Å². The first-order chi connectivity index (χ1) is 9.47. The lowest BCUT2D eigenvalue weighted by molar-refractivity contribution is 0.625. The highest BCUT2D eigenvalue weighted by Gasteiger charge is 2.07. The lowest BCUT2D eigenvalue weighted by atomic mass is 10.1. The van der Waals surface area contributed by atoms with Gasteiger partial charge < -0.3 is 5.32 Å². The zero-order chi connectivity index (χ0) is 14.7. The van der Waals surface area contributed by atoms with E-state index in [1.807, 2.05) is 13.8 Å². The van der Waals surface area contributed by atoms with Gasteiger partial charge >= 0.3 is 0 Å². The molecule has 4 heteroatoms. The summed E-state index contributed by atoms with van der Waals surface area (Å²) in [7, 11) is 0. The first-order valence-electron chi connectivity index (χ1n) is 6.80. The van der Waals surface area contributed by atoms with E-state index in [4.69, 9.17) is 0 Å². The van der Waals surface area contributed by atoms with E-state index in [0.717, 1.165) is 28.2 Å². The number of hydrogen-bond acceptors (Lipinski definition) is 3. The first kappa shape index (κ1) is 14.4. The SMILES string of the molecule is Cc1cc(F)ccc1CNc1nnc(C(C)C)cc1C. The second-order valence-electron chi connectivity index (χ2n) is 5.38. The third-order valence-electron chi connectivity index (χ3n) is 3.35. The number of aromatic nitrogens is 2. The number of halogens is 1. The van der Waals surface area contributed by atoms with Crippen LogP contribution in [0.25, 0.3) is 0 Å².